The van der Waals surface area contributed by atoms with Crippen LogP contribution in [-0.4, -0.2) is 30.7 Å². The molecule has 146 valence electrons. The monoisotopic (exact) mass is 388 g/mol. The summed E-state index contributed by atoms with van der Waals surface area (Å²) < 4.78 is 37.3. The Bertz CT molecular complexity index is 928. The van der Waals surface area contributed by atoms with Crippen molar-refractivity contribution in [1.82, 2.24) is 10.2 Å². The van der Waals surface area contributed by atoms with E-state index in [-0.39, 0.29) is 17.9 Å². The van der Waals surface area contributed by atoms with Gasteiger partial charge in [0.2, 0.25) is 0 Å². The number of benzene rings is 2. The minimum Gasteiger partial charge on any atom is -0.410 e. The van der Waals surface area contributed by atoms with Crippen molar-refractivity contribution >= 4 is 12.1 Å². The molecule has 0 bridgehead atoms. The first kappa shape index (κ1) is 19.5. The van der Waals surface area contributed by atoms with E-state index in [1.165, 1.54) is 19.3 Å². The van der Waals surface area contributed by atoms with E-state index in [1.54, 1.807) is 24.3 Å². The minimum absolute atomic E-state index is 0.0762. The Morgan fingerprint density at radius 1 is 1.14 bits per heavy atom. The van der Waals surface area contributed by atoms with Crippen LogP contribution in [-0.2, 0) is 4.74 Å². The molecular formula is C20H18F2N2O4. The van der Waals surface area contributed by atoms with Crippen LogP contribution in [0.5, 0.6) is 5.75 Å². The molecule has 0 aromatic heterocycles. The molecule has 1 aliphatic heterocycles. The number of rotatable bonds is 4. The second-order valence-corrected chi connectivity index (χ2v) is 6.22. The Morgan fingerprint density at radius 2 is 1.86 bits per heavy atom. The first-order valence-electron chi connectivity index (χ1n) is 8.42. The van der Waals surface area contributed by atoms with Gasteiger partial charge in [-0.15, -0.1) is 0 Å². The summed E-state index contributed by atoms with van der Waals surface area (Å²) in [5.74, 6) is -1.87. The molecule has 0 radical (unpaired) electrons. The van der Waals surface area contributed by atoms with Gasteiger partial charge in [0.15, 0.2) is 11.6 Å². The molecule has 6 nitrogen and oxygen atoms in total. The van der Waals surface area contributed by atoms with Crippen LogP contribution >= 0.6 is 0 Å². The first-order chi connectivity index (χ1) is 13.4. The predicted octanol–water partition coefficient (Wildman–Crippen LogP) is 4.07. The van der Waals surface area contributed by atoms with Gasteiger partial charge in [0, 0.05) is 12.8 Å². The molecule has 3 rings (SSSR count). The lowest BCUT2D eigenvalue weighted by molar-refractivity contribution is 0.139. The van der Waals surface area contributed by atoms with Crippen LogP contribution in [0.4, 0.5) is 18.4 Å². The van der Waals surface area contributed by atoms with E-state index in [1.807, 2.05) is 6.92 Å². The number of carbonyl (C=O) groups excluding carboxylic acids is 2. The van der Waals surface area contributed by atoms with Crippen molar-refractivity contribution < 1.29 is 27.8 Å². The van der Waals surface area contributed by atoms with Crippen molar-refractivity contribution in [2.45, 2.75) is 13.0 Å². The minimum atomic E-state index is -1.09. The Kier molecular flexibility index (Phi) is 5.70. The molecule has 1 heterocycles. The highest BCUT2D eigenvalue weighted by Gasteiger charge is 2.36. The molecule has 0 saturated carbocycles. The van der Waals surface area contributed by atoms with Gasteiger partial charge in [-0.1, -0.05) is 23.8 Å². The van der Waals surface area contributed by atoms with E-state index in [4.69, 9.17) is 9.47 Å². The molecular weight excluding hydrogens is 370 g/mol. The summed E-state index contributed by atoms with van der Waals surface area (Å²) in [5.41, 5.74) is 1.58. The third-order valence-electron chi connectivity index (χ3n) is 4.13. The van der Waals surface area contributed by atoms with Crippen molar-refractivity contribution in [2.24, 2.45) is 0 Å². The van der Waals surface area contributed by atoms with E-state index in [9.17, 15) is 18.4 Å². The third-order valence-corrected chi connectivity index (χ3v) is 4.13. The molecule has 8 heteroatoms. The lowest BCUT2D eigenvalue weighted by Gasteiger charge is -2.32. The summed E-state index contributed by atoms with van der Waals surface area (Å²) >= 11 is 0. The highest BCUT2D eigenvalue weighted by atomic mass is 19.2. The van der Waals surface area contributed by atoms with Gasteiger partial charge < -0.3 is 14.8 Å². The zero-order valence-corrected chi connectivity index (χ0v) is 15.2. The maximum atomic E-state index is 13.7. The van der Waals surface area contributed by atoms with Crippen molar-refractivity contribution in [2.75, 3.05) is 13.7 Å². The van der Waals surface area contributed by atoms with Crippen molar-refractivity contribution in [1.29, 1.82) is 0 Å². The molecule has 1 aliphatic rings. The summed E-state index contributed by atoms with van der Waals surface area (Å²) in [6, 6.07) is 8.10. The van der Waals surface area contributed by atoms with E-state index < -0.39 is 29.8 Å². The zero-order chi connectivity index (χ0) is 20.3. The maximum Gasteiger partial charge on any atom is 0.424 e. The SMILES string of the molecule is COCC1=CC(c2ccc(F)c(F)c2)N(C(=O)Oc2ccc(C)cc2)C(=O)N1. The lowest BCUT2D eigenvalue weighted by atomic mass is 10.0. The molecule has 0 spiro atoms. The fourth-order valence-electron chi connectivity index (χ4n) is 2.76. The normalized spacial score (nSPS) is 16.4. The van der Waals surface area contributed by atoms with Gasteiger partial charge in [0.25, 0.3) is 0 Å². The van der Waals surface area contributed by atoms with Gasteiger partial charge in [0.1, 0.15) is 5.75 Å². The third kappa shape index (κ3) is 4.17. The molecule has 0 fully saturated rings. The predicted molar refractivity (Wildman–Crippen MR) is 96.6 cm³/mol. The second kappa shape index (κ2) is 8.18. The number of ether oxygens (including phenoxy) is 2. The Morgan fingerprint density at radius 3 is 2.50 bits per heavy atom. The molecule has 0 saturated heterocycles. The van der Waals surface area contributed by atoms with Gasteiger partial charge in [-0.25, -0.2) is 23.3 Å². The van der Waals surface area contributed by atoms with Gasteiger partial charge in [-0.3, -0.25) is 0 Å². The van der Waals surface area contributed by atoms with Gasteiger partial charge in [-0.05, 0) is 42.8 Å². The number of halogens is 2. The first-order valence-corrected chi connectivity index (χ1v) is 8.42. The number of methoxy groups -OCH3 is 1. The van der Waals surface area contributed by atoms with Crippen LogP contribution < -0.4 is 10.1 Å². The van der Waals surface area contributed by atoms with Gasteiger partial charge >= 0.3 is 12.1 Å². The van der Waals surface area contributed by atoms with Crippen LogP contribution in [0, 0.1) is 18.6 Å². The molecule has 0 aliphatic carbocycles. The van der Waals surface area contributed by atoms with Gasteiger partial charge in [-0.2, -0.15) is 0 Å². The number of aryl methyl sites for hydroxylation is 1. The number of hydrogen-bond acceptors (Lipinski definition) is 4. The van der Waals surface area contributed by atoms with E-state index in [0.717, 1.165) is 22.6 Å². The van der Waals surface area contributed by atoms with Crippen LogP contribution in [0.2, 0.25) is 0 Å². The van der Waals surface area contributed by atoms with E-state index >= 15 is 0 Å². The Labute approximate surface area is 160 Å². The number of nitrogens with one attached hydrogen (secondary N) is 1. The molecule has 1 atom stereocenters. The van der Waals surface area contributed by atoms with Gasteiger partial charge in [0.05, 0.1) is 12.6 Å². The number of urea groups is 1. The average Bonchev–Trinajstić information content (AvgIpc) is 2.65. The molecule has 28 heavy (non-hydrogen) atoms. The zero-order valence-electron chi connectivity index (χ0n) is 15.2. The molecule has 1 N–H and O–H groups in total. The van der Waals surface area contributed by atoms with Crippen LogP contribution in [0.3, 0.4) is 0 Å². The second-order valence-electron chi connectivity index (χ2n) is 6.22. The summed E-state index contributed by atoms with van der Waals surface area (Å²) in [6.45, 7) is 1.96. The summed E-state index contributed by atoms with van der Waals surface area (Å²) in [6.07, 6.45) is 0.567. The number of carbonyl (C=O) groups is 2. The molecule has 3 amide bonds. The average molecular weight is 388 g/mol. The Hall–Kier alpha value is -3.26. The van der Waals surface area contributed by atoms with Crippen molar-refractivity contribution in [3.05, 3.63) is 77.0 Å². The summed E-state index contributed by atoms with van der Waals surface area (Å²) in [5, 5.41) is 2.52. The number of nitrogens with zero attached hydrogens (tertiary/aromatic N) is 1. The fraction of sp³-hybridized carbons (Fsp3) is 0.200. The molecule has 2 aromatic rings. The largest absolute Gasteiger partial charge is 0.424 e. The summed E-state index contributed by atoms with van der Waals surface area (Å²) in [4.78, 5) is 26.0. The number of imide groups is 1. The summed E-state index contributed by atoms with van der Waals surface area (Å²) in [7, 11) is 1.44. The highest BCUT2D eigenvalue weighted by Crippen LogP contribution is 2.29. The van der Waals surface area contributed by atoms with Crippen molar-refractivity contribution in [3.63, 3.8) is 0 Å². The topological polar surface area (TPSA) is 67.9 Å². The maximum absolute atomic E-state index is 13.7. The van der Waals surface area contributed by atoms with E-state index in [0.29, 0.717) is 5.70 Å². The lowest BCUT2D eigenvalue weighted by Crippen LogP contribution is -2.50. The molecule has 2 aromatic carbocycles. The number of amides is 3. The standard InChI is InChI=1S/C20H18F2N2O4/c1-12-3-6-15(7-4-12)28-20(26)24-18(10-14(11-27-2)23-19(24)25)13-5-8-16(21)17(22)9-13/h3-10,18H,11H2,1-2H3,(H,23,25). The smallest absolute Gasteiger partial charge is 0.410 e. The fourth-order valence-corrected chi connectivity index (χ4v) is 2.76. The van der Waals surface area contributed by atoms with Crippen LogP contribution in [0.1, 0.15) is 17.2 Å². The quantitative estimate of drug-likeness (QED) is 0.857. The Balaban J connectivity index is 1.95. The number of hydrogen-bond donors (Lipinski definition) is 1. The van der Waals surface area contributed by atoms with Crippen LogP contribution in [0.15, 0.2) is 54.2 Å². The van der Waals surface area contributed by atoms with Crippen molar-refractivity contribution in [3.8, 4) is 5.75 Å². The van der Waals surface area contributed by atoms with E-state index in [2.05, 4.69) is 5.32 Å². The molecule has 1 unspecified atom stereocenters. The highest BCUT2D eigenvalue weighted by molar-refractivity contribution is 5.94. The van der Waals surface area contributed by atoms with Crippen LogP contribution in [0.25, 0.3) is 0 Å².